The number of primary amides is 1. The summed E-state index contributed by atoms with van der Waals surface area (Å²) in [5.74, 6) is -8.00. The van der Waals surface area contributed by atoms with Gasteiger partial charge in [-0.1, -0.05) is 34.1 Å². The molecule has 0 aromatic rings. The van der Waals surface area contributed by atoms with Gasteiger partial charge in [-0.3, -0.25) is 33.6 Å². The number of carbonyl (C=O) groups is 8. The van der Waals surface area contributed by atoms with Crippen LogP contribution < -0.4 is 38.1 Å². The first-order chi connectivity index (χ1) is 20.3. The zero-order chi connectivity index (χ0) is 34.3. The number of carbonyl (C=O) groups excluding carboxylic acids is 6. The molecule has 0 radical (unpaired) electrons. The molecule has 0 bridgehead atoms. The molecule has 17 heteroatoms. The zero-order valence-electron chi connectivity index (χ0n) is 26.0. The molecule has 44 heavy (non-hydrogen) atoms. The Kier molecular flexibility index (Phi) is 17.2. The van der Waals surface area contributed by atoms with Crippen LogP contribution in [-0.4, -0.2) is 93.8 Å². The monoisotopic (exact) mass is 629 g/mol. The molecule has 0 rings (SSSR count). The number of aliphatic carboxylic acids is 2. The van der Waals surface area contributed by atoms with E-state index >= 15 is 0 Å². The maximum atomic E-state index is 13.0. The van der Waals surface area contributed by atoms with Gasteiger partial charge in [0.05, 0.1) is 12.5 Å². The van der Waals surface area contributed by atoms with Gasteiger partial charge in [-0.15, -0.1) is 0 Å². The van der Waals surface area contributed by atoms with Gasteiger partial charge in [-0.25, -0.2) is 4.79 Å². The van der Waals surface area contributed by atoms with Crippen molar-refractivity contribution in [2.75, 3.05) is 0 Å². The van der Waals surface area contributed by atoms with Crippen molar-refractivity contribution in [1.29, 1.82) is 0 Å². The molecule has 7 atom stereocenters. The minimum absolute atomic E-state index is 0.0794. The Bertz CT molecular complexity index is 1070. The molecule has 0 aromatic carbocycles. The lowest BCUT2D eigenvalue weighted by Crippen LogP contribution is -2.59. The van der Waals surface area contributed by atoms with Crippen molar-refractivity contribution < 1.29 is 48.6 Å². The van der Waals surface area contributed by atoms with E-state index in [-0.39, 0.29) is 25.2 Å². The third kappa shape index (κ3) is 14.8. The molecule has 0 heterocycles. The Labute approximate surface area is 256 Å². The highest BCUT2D eigenvalue weighted by Crippen LogP contribution is 2.09. The van der Waals surface area contributed by atoms with Crippen LogP contribution in [0.15, 0.2) is 0 Å². The van der Waals surface area contributed by atoms with Gasteiger partial charge in [0, 0.05) is 6.42 Å². The fraction of sp³-hybridized carbons (Fsp3) is 0.704. The molecule has 0 unspecified atom stereocenters. The first-order valence-electron chi connectivity index (χ1n) is 14.3. The normalized spacial score (nSPS) is 15.7. The summed E-state index contributed by atoms with van der Waals surface area (Å²) in [5, 5.41) is 30.0. The lowest BCUT2D eigenvalue weighted by molar-refractivity contribution is -0.144. The van der Waals surface area contributed by atoms with E-state index < -0.39 is 96.0 Å². The van der Waals surface area contributed by atoms with E-state index in [1.54, 1.807) is 27.7 Å². The van der Waals surface area contributed by atoms with Gasteiger partial charge in [0.2, 0.25) is 35.4 Å². The van der Waals surface area contributed by atoms with Gasteiger partial charge < -0.3 is 48.3 Å². The second-order valence-electron chi connectivity index (χ2n) is 11.1. The largest absolute Gasteiger partial charge is 0.481 e. The molecule has 250 valence electrons. The van der Waals surface area contributed by atoms with Crippen molar-refractivity contribution >= 4 is 47.4 Å². The molecular weight excluding hydrogens is 582 g/mol. The molecule has 0 saturated carbocycles. The molecule has 0 fully saturated rings. The molecule has 17 nitrogen and oxygen atoms in total. The van der Waals surface area contributed by atoms with Crippen molar-refractivity contribution in [3.05, 3.63) is 0 Å². The first-order valence-corrected chi connectivity index (χ1v) is 14.3. The zero-order valence-corrected chi connectivity index (χ0v) is 26.0. The Hall–Kier alpha value is -4.28. The van der Waals surface area contributed by atoms with Crippen LogP contribution in [0.2, 0.25) is 0 Å². The SMILES string of the molecule is CC[C@H](C)[C@H](NC(=O)[C@H](C)NC(=O)[C@H](CC(N)=O)NC(=O)[C@H](C)NC(=O)[C@H](CC(C)C)NC(=O)[C@@H](N)CCC(=O)O)C(=O)O. The minimum atomic E-state index is -1.54. The van der Waals surface area contributed by atoms with Crippen LogP contribution in [0.25, 0.3) is 0 Å². The van der Waals surface area contributed by atoms with Gasteiger partial charge in [0.1, 0.15) is 30.2 Å². The van der Waals surface area contributed by atoms with E-state index in [1.165, 1.54) is 13.8 Å². The molecule has 0 aliphatic rings. The lowest BCUT2D eigenvalue weighted by Gasteiger charge is -2.26. The highest BCUT2D eigenvalue weighted by atomic mass is 16.4. The van der Waals surface area contributed by atoms with Crippen LogP contribution in [0, 0.1) is 11.8 Å². The van der Waals surface area contributed by atoms with Crippen LogP contribution in [-0.2, 0) is 38.4 Å². The summed E-state index contributed by atoms with van der Waals surface area (Å²) >= 11 is 0. The van der Waals surface area contributed by atoms with Gasteiger partial charge in [-0.05, 0) is 38.5 Å². The average molecular weight is 630 g/mol. The number of hydrogen-bond acceptors (Lipinski definition) is 9. The van der Waals surface area contributed by atoms with Crippen LogP contribution in [0.1, 0.15) is 73.6 Å². The summed E-state index contributed by atoms with van der Waals surface area (Å²) in [5.41, 5.74) is 11.0. The Morgan fingerprint density at radius 3 is 1.59 bits per heavy atom. The fourth-order valence-corrected chi connectivity index (χ4v) is 3.82. The summed E-state index contributed by atoms with van der Waals surface area (Å²) in [6.07, 6.45) is -0.541. The van der Waals surface area contributed by atoms with Gasteiger partial charge in [0.15, 0.2) is 0 Å². The maximum absolute atomic E-state index is 13.0. The molecule has 11 N–H and O–H groups in total. The van der Waals surface area contributed by atoms with Crippen LogP contribution >= 0.6 is 0 Å². The van der Waals surface area contributed by atoms with Gasteiger partial charge in [-0.2, -0.15) is 0 Å². The summed E-state index contributed by atoms with van der Waals surface area (Å²) in [6.45, 7) is 9.53. The van der Waals surface area contributed by atoms with Crippen molar-refractivity contribution in [3.8, 4) is 0 Å². The fourth-order valence-electron chi connectivity index (χ4n) is 3.82. The molecule has 6 amide bonds. The van der Waals surface area contributed by atoms with E-state index in [0.717, 1.165) is 0 Å². The van der Waals surface area contributed by atoms with Crippen molar-refractivity contribution in [2.45, 2.75) is 110 Å². The molecule has 0 aliphatic heterocycles. The predicted octanol–water partition coefficient (Wildman–Crippen LogP) is -2.31. The Morgan fingerprint density at radius 1 is 0.682 bits per heavy atom. The van der Waals surface area contributed by atoms with E-state index in [2.05, 4.69) is 26.6 Å². The van der Waals surface area contributed by atoms with Crippen molar-refractivity contribution in [2.24, 2.45) is 23.3 Å². The molecule has 0 saturated heterocycles. The van der Waals surface area contributed by atoms with Crippen LogP contribution in [0.5, 0.6) is 0 Å². The summed E-state index contributed by atoms with van der Waals surface area (Å²) in [6, 6.07) is -7.58. The van der Waals surface area contributed by atoms with E-state index in [0.29, 0.717) is 6.42 Å². The number of rotatable bonds is 20. The average Bonchev–Trinajstić information content (AvgIpc) is 2.92. The van der Waals surface area contributed by atoms with E-state index in [9.17, 15) is 43.5 Å². The topological polar surface area (TPSA) is 289 Å². The van der Waals surface area contributed by atoms with Crippen molar-refractivity contribution in [1.82, 2.24) is 26.6 Å². The second kappa shape index (κ2) is 19.1. The molecular formula is C27H47N7O10. The smallest absolute Gasteiger partial charge is 0.326 e. The standard InChI is InChI=1S/C27H47N7O10/c1-7-13(4)21(27(43)44)34-23(39)15(6)31-26(42)18(11-19(29)35)32-22(38)14(5)30-25(41)17(10-12(2)3)33-24(40)16(28)8-9-20(36)37/h12-18,21H,7-11,28H2,1-6H3,(H2,29,35)(H,30,41)(H,31,42)(H,32,38)(H,33,40)(H,34,39)(H,36,37)(H,43,44)/t13-,14-,15-,16-,17-,18-,21-/m0/s1. The molecule has 0 aliphatic carbocycles. The quantitative estimate of drug-likeness (QED) is 0.0689. The summed E-state index contributed by atoms with van der Waals surface area (Å²) in [7, 11) is 0. The first kappa shape index (κ1) is 39.7. The number of amides is 6. The Balaban J connectivity index is 5.48. The number of nitrogens with two attached hydrogens (primary N) is 2. The highest BCUT2D eigenvalue weighted by Gasteiger charge is 2.32. The second-order valence-corrected chi connectivity index (χ2v) is 11.1. The van der Waals surface area contributed by atoms with Gasteiger partial charge in [0.25, 0.3) is 0 Å². The summed E-state index contributed by atoms with van der Waals surface area (Å²) in [4.78, 5) is 97.6. The maximum Gasteiger partial charge on any atom is 0.326 e. The minimum Gasteiger partial charge on any atom is -0.481 e. The number of carboxylic acids is 2. The van der Waals surface area contributed by atoms with Crippen LogP contribution in [0.4, 0.5) is 0 Å². The lowest BCUT2D eigenvalue weighted by atomic mass is 9.99. The van der Waals surface area contributed by atoms with E-state index in [1.807, 2.05) is 0 Å². The number of carboxylic acid groups (broad SMARTS) is 2. The predicted molar refractivity (Wildman–Crippen MR) is 156 cm³/mol. The van der Waals surface area contributed by atoms with E-state index in [4.69, 9.17) is 16.6 Å². The molecule has 0 aromatic heterocycles. The van der Waals surface area contributed by atoms with Crippen LogP contribution in [0.3, 0.4) is 0 Å². The molecule has 0 spiro atoms. The highest BCUT2D eigenvalue weighted by molar-refractivity contribution is 5.97. The summed E-state index contributed by atoms with van der Waals surface area (Å²) < 4.78 is 0. The van der Waals surface area contributed by atoms with Crippen molar-refractivity contribution in [3.63, 3.8) is 0 Å². The third-order valence-corrected chi connectivity index (χ3v) is 6.67. The Morgan fingerprint density at radius 2 is 1.16 bits per heavy atom. The third-order valence-electron chi connectivity index (χ3n) is 6.67. The van der Waals surface area contributed by atoms with Gasteiger partial charge >= 0.3 is 11.9 Å². The number of hydrogen-bond donors (Lipinski definition) is 9. The number of nitrogens with one attached hydrogen (secondary N) is 5.